The van der Waals surface area contributed by atoms with Gasteiger partial charge in [-0.1, -0.05) is 6.92 Å². The smallest absolute Gasteiger partial charge is 0.243 e. The summed E-state index contributed by atoms with van der Waals surface area (Å²) in [5.74, 6) is 1.04. The van der Waals surface area contributed by atoms with Crippen LogP contribution in [-0.2, 0) is 10.0 Å². The molecule has 8 heteroatoms. The summed E-state index contributed by atoms with van der Waals surface area (Å²) in [5, 5.41) is 9.16. The quantitative estimate of drug-likeness (QED) is 0.817. The summed E-state index contributed by atoms with van der Waals surface area (Å²) >= 11 is 0. The molecule has 0 radical (unpaired) electrons. The summed E-state index contributed by atoms with van der Waals surface area (Å²) in [6.07, 6.45) is 1.95. The van der Waals surface area contributed by atoms with Crippen LogP contribution in [0.15, 0.2) is 33.6 Å². The predicted molar refractivity (Wildman–Crippen MR) is 98.1 cm³/mol. The van der Waals surface area contributed by atoms with E-state index < -0.39 is 10.0 Å². The summed E-state index contributed by atoms with van der Waals surface area (Å²) in [6, 6.07) is 8.45. The number of nitriles is 1. The standard InChI is InChI=1S/C18H22N4O3S/c1-13-5-4-10-22(12-13)26(23,24)15-8-6-14(7-9-15)17-20-16(11-19)18(25-17)21(2)3/h6-9,13H,4-5,10,12H2,1-3H3/t13-/m0/s1. The molecule has 2 heterocycles. The Hall–Kier alpha value is -2.37. The van der Waals surface area contributed by atoms with Crippen molar-refractivity contribution in [2.75, 3.05) is 32.1 Å². The molecule has 7 nitrogen and oxygen atoms in total. The van der Waals surface area contributed by atoms with Gasteiger partial charge in [0.2, 0.25) is 27.5 Å². The van der Waals surface area contributed by atoms with Crippen LogP contribution in [0.3, 0.4) is 0 Å². The number of oxazole rings is 1. The maximum atomic E-state index is 12.8. The first-order chi connectivity index (χ1) is 12.3. The van der Waals surface area contributed by atoms with E-state index in [1.54, 1.807) is 47.6 Å². The van der Waals surface area contributed by atoms with Gasteiger partial charge in [-0.05, 0) is 43.0 Å². The summed E-state index contributed by atoms with van der Waals surface area (Å²) in [5.41, 5.74) is 0.824. The highest BCUT2D eigenvalue weighted by Gasteiger charge is 2.28. The number of piperidine rings is 1. The predicted octanol–water partition coefficient (Wildman–Crippen LogP) is 2.70. The van der Waals surface area contributed by atoms with Crippen LogP contribution in [0.4, 0.5) is 5.88 Å². The lowest BCUT2D eigenvalue weighted by atomic mass is 10.0. The van der Waals surface area contributed by atoms with Crippen molar-refractivity contribution < 1.29 is 12.8 Å². The van der Waals surface area contributed by atoms with E-state index in [9.17, 15) is 8.42 Å². The fraction of sp³-hybridized carbons (Fsp3) is 0.444. The fourth-order valence-electron chi connectivity index (χ4n) is 3.09. The minimum atomic E-state index is -3.49. The third-order valence-electron chi connectivity index (χ3n) is 4.48. The Morgan fingerprint density at radius 2 is 2.00 bits per heavy atom. The molecule has 1 aliphatic heterocycles. The maximum Gasteiger partial charge on any atom is 0.243 e. The molecule has 0 aliphatic carbocycles. The molecule has 0 bridgehead atoms. The summed E-state index contributed by atoms with van der Waals surface area (Å²) in [6.45, 7) is 3.19. The molecule has 0 spiro atoms. The lowest BCUT2D eigenvalue weighted by Gasteiger charge is -2.30. The molecule has 138 valence electrons. The van der Waals surface area contributed by atoms with Crippen LogP contribution in [-0.4, -0.2) is 44.9 Å². The van der Waals surface area contributed by atoms with Crippen LogP contribution in [0.5, 0.6) is 0 Å². The third kappa shape index (κ3) is 3.45. The van der Waals surface area contributed by atoms with Crippen molar-refractivity contribution in [2.45, 2.75) is 24.7 Å². The Labute approximate surface area is 153 Å². The topological polar surface area (TPSA) is 90.4 Å². The van der Waals surface area contributed by atoms with E-state index in [1.807, 2.05) is 6.07 Å². The van der Waals surface area contributed by atoms with Gasteiger partial charge < -0.3 is 9.32 Å². The van der Waals surface area contributed by atoms with E-state index in [0.717, 1.165) is 12.8 Å². The molecule has 26 heavy (non-hydrogen) atoms. The summed E-state index contributed by atoms with van der Waals surface area (Å²) in [7, 11) is 0.0354. The first-order valence-corrected chi connectivity index (χ1v) is 9.95. The Bertz CT molecular complexity index is 926. The van der Waals surface area contributed by atoms with Gasteiger partial charge in [-0.25, -0.2) is 8.42 Å². The molecular formula is C18H22N4O3S. The zero-order valence-electron chi connectivity index (χ0n) is 15.1. The SMILES string of the molecule is C[C@H]1CCCN(S(=O)(=O)c2ccc(-c3nc(C#N)c(N(C)C)o3)cc2)C1. The van der Waals surface area contributed by atoms with Crippen molar-refractivity contribution in [2.24, 2.45) is 5.92 Å². The number of hydrogen-bond donors (Lipinski definition) is 0. The highest BCUT2D eigenvalue weighted by molar-refractivity contribution is 7.89. The molecule has 0 amide bonds. The first-order valence-electron chi connectivity index (χ1n) is 8.51. The van der Waals surface area contributed by atoms with Gasteiger partial charge >= 0.3 is 0 Å². The van der Waals surface area contributed by atoms with E-state index in [0.29, 0.717) is 36.3 Å². The van der Waals surface area contributed by atoms with Crippen molar-refractivity contribution in [1.29, 1.82) is 5.26 Å². The molecule has 3 rings (SSSR count). The van der Waals surface area contributed by atoms with Crippen LogP contribution in [0, 0.1) is 17.2 Å². The van der Waals surface area contributed by atoms with Crippen LogP contribution in [0.25, 0.3) is 11.5 Å². The summed E-state index contributed by atoms with van der Waals surface area (Å²) in [4.78, 5) is 6.11. The molecule has 0 unspecified atom stereocenters. The van der Waals surface area contributed by atoms with Crippen molar-refractivity contribution in [3.63, 3.8) is 0 Å². The molecule has 1 aliphatic rings. The number of sulfonamides is 1. The number of aromatic nitrogens is 1. The van der Waals surface area contributed by atoms with E-state index in [4.69, 9.17) is 9.68 Å². The lowest BCUT2D eigenvalue weighted by Crippen LogP contribution is -2.39. The fourth-order valence-corrected chi connectivity index (χ4v) is 4.69. The van der Waals surface area contributed by atoms with Gasteiger partial charge in [0.05, 0.1) is 4.90 Å². The van der Waals surface area contributed by atoms with Crippen LogP contribution in [0.1, 0.15) is 25.5 Å². The Kier molecular flexibility index (Phi) is 5.03. The second-order valence-electron chi connectivity index (χ2n) is 6.81. The zero-order valence-corrected chi connectivity index (χ0v) is 16.0. The molecule has 1 aromatic carbocycles. The first kappa shape index (κ1) is 18.4. The number of benzene rings is 1. The third-order valence-corrected chi connectivity index (χ3v) is 6.36. The second-order valence-corrected chi connectivity index (χ2v) is 8.75. The second kappa shape index (κ2) is 7.09. The van der Waals surface area contributed by atoms with Gasteiger partial charge in [0.25, 0.3) is 0 Å². The van der Waals surface area contributed by atoms with Gasteiger partial charge in [0.1, 0.15) is 6.07 Å². The largest absolute Gasteiger partial charge is 0.419 e. The van der Waals surface area contributed by atoms with Crippen molar-refractivity contribution in [1.82, 2.24) is 9.29 Å². The number of nitrogens with zero attached hydrogens (tertiary/aromatic N) is 4. The Morgan fingerprint density at radius 3 is 2.54 bits per heavy atom. The van der Waals surface area contributed by atoms with Crippen LogP contribution in [0.2, 0.25) is 0 Å². The maximum absolute atomic E-state index is 12.8. The van der Waals surface area contributed by atoms with Crippen molar-refractivity contribution in [3.8, 4) is 17.5 Å². The molecule has 1 aromatic heterocycles. The zero-order chi connectivity index (χ0) is 18.9. The van der Waals surface area contributed by atoms with E-state index in [1.165, 1.54) is 0 Å². The normalized spacial score (nSPS) is 18.5. The average molecular weight is 374 g/mol. The van der Waals surface area contributed by atoms with Crippen molar-refractivity contribution >= 4 is 15.9 Å². The number of anilines is 1. The van der Waals surface area contributed by atoms with Crippen LogP contribution < -0.4 is 4.90 Å². The van der Waals surface area contributed by atoms with Gasteiger partial charge in [-0.2, -0.15) is 14.6 Å². The highest BCUT2D eigenvalue weighted by atomic mass is 32.2. The molecule has 1 atom stereocenters. The number of rotatable bonds is 4. The lowest BCUT2D eigenvalue weighted by molar-refractivity contribution is 0.281. The molecular weight excluding hydrogens is 352 g/mol. The molecule has 1 fully saturated rings. The molecule has 0 saturated carbocycles. The Balaban J connectivity index is 1.88. The highest BCUT2D eigenvalue weighted by Crippen LogP contribution is 2.29. The van der Waals surface area contributed by atoms with Crippen LogP contribution >= 0.6 is 0 Å². The van der Waals surface area contributed by atoms with Gasteiger partial charge in [-0.3, -0.25) is 0 Å². The Morgan fingerprint density at radius 1 is 1.31 bits per heavy atom. The minimum absolute atomic E-state index is 0.198. The average Bonchev–Trinajstić information content (AvgIpc) is 3.06. The molecule has 1 saturated heterocycles. The minimum Gasteiger partial charge on any atom is -0.419 e. The molecule has 2 aromatic rings. The monoisotopic (exact) mass is 374 g/mol. The van der Waals surface area contributed by atoms with Crippen molar-refractivity contribution in [3.05, 3.63) is 30.0 Å². The van der Waals surface area contributed by atoms with E-state index in [-0.39, 0.29) is 10.6 Å². The van der Waals surface area contributed by atoms with Gasteiger partial charge in [0, 0.05) is 32.7 Å². The van der Waals surface area contributed by atoms with Gasteiger partial charge in [-0.15, -0.1) is 0 Å². The van der Waals surface area contributed by atoms with Gasteiger partial charge in [0.15, 0.2) is 0 Å². The van der Waals surface area contributed by atoms with E-state index >= 15 is 0 Å². The number of hydrogen-bond acceptors (Lipinski definition) is 6. The van der Waals surface area contributed by atoms with E-state index in [2.05, 4.69) is 11.9 Å². The summed E-state index contributed by atoms with van der Waals surface area (Å²) < 4.78 is 32.8. The molecule has 0 N–H and O–H groups in total.